The Bertz CT molecular complexity index is 518. The summed E-state index contributed by atoms with van der Waals surface area (Å²) >= 11 is 0. The van der Waals surface area contributed by atoms with Gasteiger partial charge in [0.2, 0.25) is 11.8 Å². The van der Waals surface area contributed by atoms with Gasteiger partial charge in [-0.1, -0.05) is 0 Å². The maximum absolute atomic E-state index is 11.7. The lowest BCUT2D eigenvalue weighted by Gasteiger charge is -2.16. The molecule has 6 N–H and O–H groups in total. The summed E-state index contributed by atoms with van der Waals surface area (Å²) in [6.07, 6.45) is -0.761. The molecule has 0 bridgehead atoms. The smallest absolute Gasteiger partial charge is 0.326 e. The highest BCUT2D eigenvalue weighted by Crippen LogP contribution is 2.14. The molecule has 0 aromatic rings. The second-order valence-corrected chi connectivity index (χ2v) is 6.10. The molecule has 3 atom stereocenters. The molecule has 0 aliphatic carbocycles. The number of nitrogens with two attached hydrogens (primary N) is 1. The number of rotatable bonds is 6. The number of aliphatic carboxylic acids is 1. The van der Waals surface area contributed by atoms with Gasteiger partial charge in [-0.15, -0.1) is 0 Å². The Balaban J connectivity index is 2.63. The Morgan fingerprint density at radius 2 is 2.00 bits per heavy atom. The number of hydrogen-bond donors (Lipinski definition) is 5. The lowest BCUT2D eigenvalue weighted by atomic mass is 10.1. The van der Waals surface area contributed by atoms with Gasteiger partial charge in [-0.2, -0.15) is 8.42 Å². The van der Waals surface area contributed by atoms with Crippen LogP contribution in [0.3, 0.4) is 0 Å². The minimum Gasteiger partial charge on any atom is -0.480 e. The predicted molar refractivity (Wildman–Crippen MR) is 65.1 cm³/mol. The number of amides is 2. The van der Waals surface area contributed by atoms with E-state index >= 15 is 0 Å². The summed E-state index contributed by atoms with van der Waals surface area (Å²) in [5.41, 5.74) is 4.86. The van der Waals surface area contributed by atoms with Gasteiger partial charge in [0, 0.05) is 6.54 Å². The standard InChI is InChI=1S/C9H15N3O7S/c10-7(13)2-6(9(15)16)12-8(14)5-1-4(3-11-5)20(17,18)19/h4-6,11H,1-3H2,(H2,10,13)(H,12,14)(H,15,16)(H,17,18,19)/t4-,5+,6+/m1/s1. The molecule has 0 aromatic carbocycles. The van der Waals surface area contributed by atoms with E-state index in [1.54, 1.807) is 0 Å². The minimum absolute atomic E-state index is 0.121. The van der Waals surface area contributed by atoms with Crippen molar-refractivity contribution in [3.63, 3.8) is 0 Å². The number of carbonyl (C=O) groups is 3. The summed E-state index contributed by atoms with van der Waals surface area (Å²) < 4.78 is 30.7. The molecule has 0 radical (unpaired) electrons. The van der Waals surface area contributed by atoms with Gasteiger partial charge in [0.25, 0.3) is 10.1 Å². The first kappa shape index (κ1) is 16.3. The van der Waals surface area contributed by atoms with Gasteiger partial charge < -0.3 is 21.5 Å². The highest BCUT2D eigenvalue weighted by atomic mass is 32.2. The second-order valence-electron chi connectivity index (χ2n) is 4.40. The fourth-order valence-corrected chi connectivity index (χ4v) is 2.55. The first-order valence-corrected chi connectivity index (χ1v) is 7.12. The zero-order valence-electron chi connectivity index (χ0n) is 10.3. The maximum atomic E-state index is 11.7. The normalized spacial score (nSPS) is 24.1. The Hall–Kier alpha value is -1.72. The summed E-state index contributed by atoms with van der Waals surface area (Å²) in [4.78, 5) is 33.3. The lowest BCUT2D eigenvalue weighted by Crippen LogP contribution is -2.49. The van der Waals surface area contributed by atoms with Crippen LogP contribution >= 0.6 is 0 Å². The fourth-order valence-electron chi connectivity index (χ4n) is 1.80. The number of carboxylic acids is 1. The molecule has 1 aliphatic rings. The molecular weight excluding hydrogens is 294 g/mol. The van der Waals surface area contributed by atoms with Crippen molar-refractivity contribution in [1.29, 1.82) is 0 Å². The van der Waals surface area contributed by atoms with Gasteiger partial charge in [-0.3, -0.25) is 14.1 Å². The molecule has 1 rings (SSSR count). The molecular formula is C9H15N3O7S. The first-order valence-electron chi connectivity index (χ1n) is 5.62. The predicted octanol–water partition coefficient (Wildman–Crippen LogP) is -2.95. The van der Waals surface area contributed by atoms with Crippen molar-refractivity contribution < 1.29 is 32.5 Å². The van der Waals surface area contributed by atoms with E-state index in [0.29, 0.717) is 0 Å². The first-order chi connectivity index (χ1) is 9.11. The molecule has 0 unspecified atom stereocenters. The fraction of sp³-hybridized carbons (Fsp3) is 0.667. The van der Waals surface area contributed by atoms with Gasteiger partial charge >= 0.3 is 5.97 Å². The third-order valence-corrected chi connectivity index (χ3v) is 4.05. The van der Waals surface area contributed by atoms with E-state index in [0.717, 1.165) is 0 Å². The Morgan fingerprint density at radius 3 is 2.40 bits per heavy atom. The average molecular weight is 309 g/mol. The average Bonchev–Trinajstić information content (AvgIpc) is 2.75. The topological polar surface area (TPSA) is 176 Å². The van der Waals surface area contributed by atoms with E-state index in [-0.39, 0.29) is 13.0 Å². The number of carbonyl (C=O) groups excluding carboxylic acids is 2. The molecule has 0 aromatic heterocycles. The third kappa shape index (κ3) is 4.43. The van der Waals surface area contributed by atoms with E-state index < -0.39 is 51.7 Å². The zero-order valence-corrected chi connectivity index (χ0v) is 11.1. The van der Waals surface area contributed by atoms with Crippen molar-refractivity contribution >= 4 is 27.9 Å². The van der Waals surface area contributed by atoms with Crippen LogP contribution < -0.4 is 16.4 Å². The summed E-state index contributed by atoms with van der Waals surface area (Å²) in [5.74, 6) is -3.10. The summed E-state index contributed by atoms with van der Waals surface area (Å²) in [6.45, 7) is -0.121. The van der Waals surface area contributed by atoms with Gasteiger partial charge in [-0.25, -0.2) is 4.79 Å². The van der Waals surface area contributed by atoms with Crippen molar-refractivity contribution in [3.8, 4) is 0 Å². The van der Waals surface area contributed by atoms with E-state index in [4.69, 9.17) is 15.4 Å². The van der Waals surface area contributed by atoms with Crippen LogP contribution in [0.2, 0.25) is 0 Å². The van der Waals surface area contributed by atoms with Crippen LogP contribution in [0.1, 0.15) is 12.8 Å². The van der Waals surface area contributed by atoms with Gasteiger partial charge in [-0.05, 0) is 6.42 Å². The summed E-state index contributed by atoms with van der Waals surface area (Å²) in [7, 11) is -4.27. The maximum Gasteiger partial charge on any atom is 0.326 e. The Labute approximate surface area is 114 Å². The van der Waals surface area contributed by atoms with E-state index in [9.17, 15) is 22.8 Å². The molecule has 1 aliphatic heterocycles. The Morgan fingerprint density at radius 1 is 1.40 bits per heavy atom. The quantitative estimate of drug-likeness (QED) is 0.323. The molecule has 0 saturated carbocycles. The molecule has 2 amide bonds. The number of primary amides is 1. The van der Waals surface area contributed by atoms with E-state index in [1.165, 1.54) is 0 Å². The van der Waals surface area contributed by atoms with Crippen LogP contribution in [0.5, 0.6) is 0 Å². The molecule has 114 valence electrons. The van der Waals surface area contributed by atoms with Crippen molar-refractivity contribution in [3.05, 3.63) is 0 Å². The molecule has 0 spiro atoms. The summed E-state index contributed by atoms with van der Waals surface area (Å²) in [5, 5.41) is 12.3. The number of hydrogen-bond acceptors (Lipinski definition) is 6. The Kier molecular flexibility index (Phi) is 5.03. The molecule has 10 nitrogen and oxygen atoms in total. The second kappa shape index (κ2) is 6.15. The number of carboxylic acid groups (broad SMARTS) is 1. The van der Waals surface area contributed by atoms with Crippen molar-refractivity contribution in [2.75, 3.05) is 6.54 Å². The third-order valence-electron chi connectivity index (χ3n) is 2.85. The molecule has 1 heterocycles. The van der Waals surface area contributed by atoms with Crippen LogP contribution in [0.25, 0.3) is 0 Å². The largest absolute Gasteiger partial charge is 0.480 e. The van der Waals surface area contributed by atoms with Gasteiger partial charge in [0.1, 0.15) is 11.3 Å². The van der Waals surface area contributed by atoms with Crippen LogP contribution in [-0.2, 0) is 24.5 Å². The van der Waals surface area contributed by atoms with E-state index in [1.807, 2.05) is 0 Å². The molecule has 20 heavy (non-hydrogen) atoms. The minimum atomic E-state index is -4.27. The van der Waals surface area contributed by atoms with Crippen LogP contribution in [0, 0.1) is 0 Å². The molecule has 1 fully saturated rings. The monoisotopic (exact) mass is 309 g/mol. The zero-order chi connectivity index (χ0) is 15.5. The summed E-state index contributed by atoms with van der Waals surface area (Å²) in [6, 6.07) is -2.44. The SMILES string of the molecule is NC(=O)C[C@H](NC(=O)[C@@H]1C[C@@H](S(=O)(=O)O)CN1)C(=O)O. The number of nitrogens with one attached hydrogen (secondary N) is 2. The van der Waals surface area contributed by atoms with Crippen molar-refractivity contribution in [2.45, 2.75) is 30.2 Å². The van der Waals surface area contributed by atoms with Crippen LogP contribution in [-0.4, -0.2) is 59.7 Å². The lowest BCUT2D eigenvalue weighted by molar-refractivity contribution is -0.143. The van der Waals surface area contributed by atoms with E-state index in [2.05, 4.69) is 10.6 Å². The van der Waals surface area contributed by atoms with Gasteiger partial charge in [0.15, 0.2) is 0 Å². The molecule has 11 heteroatoms. The highest BCUT2D eigenvalue weighted by Gasteiger charge is 2.37. The van der Waals surface area contributed by atoms with Gasteiger partial charge in [0.05, 0.1) is 12.5 Å². The van der Waals surface area contributed by atoms with Crippen LogP contribution in [0.15, 0.2) is 0 Å². The molecule has 1 saturated heterocycles. The van der Waals surface area contributed by atoms with Crippen molar-refractivity contribution in [2.24, 2.45) is 5.73 Å². The highest BCUT2D eigenvalue weighted by molar-refractivity contribution is 7.86. The van der Waals surface area contributed by atoms with Crippen LogP contribution in [0.4, 0.5) is 0 Å². The van der Waals surface area contributed by atoms with Crippen molar-refractivity contribution in [1.82, 2.24) is 10.6 Å².